The molecule has 3 heteroatoms. The number of thiophene rings is 1. The number of aliphatic hydroxyl groups is 1. The van der Waals surface area contributed by atoms with Crippen molar-refractivity contribution in [3.8, 4) is 0 Å². The van der Waals surface area contributed by atoms with Gasteiger partial charge in [-0.3, -0.25) is 0 Å². The van der Waals surface area contributed by atoms with Crippen LogP contribution in [-0.2, 0) is 6.42 Å². The summed E-state index contributed by atoms with van der Waals surface area (Å²) in [5.74, 6) is 0. The van der Waals surface area contributed by atoms with Gasteiger partial charge < -0.3 is 5.11 Å². The summed E-state index contributed by atoms with van der Waals surface area (Å²) in [4.78, 5) is 0. The topological polar surface area (TPSA) is 20.2 Å². The highest BCUT2D eigenvalue weighted by molar-refractivity contribution is 9.10. The summed E-state index contributed by atoms with van der Waals surface area (Å²) in [7, 11) is 0. The summed E-state index contributed by atoms with van der Waals surface area (Å²) >= 11 is 5.06. The minimum absolute atomic E-state index is 0.535. The quantitative estimate of drug-likeness (QED) is 0.878. The van der Waals surface area contributed by atoms with E-state index in [-0.39, 0.29) is 0 Å². The van der Waals surface area contributed by atoms with E-state index in [4.69, 9.17) is 0 Å². The van der Waals surface area contributed by atoms with Crippen molar-refractivity contribution in [2.24, 2.45) is 0 Å². The second kappa shape index (κ2) is 5.80. The van der Waals surface area contributed by atoms with Gasteiger partial charge in [-0.15, -0.1) is 0 Å². The highest BCUT2D eigenvalue weighted by Crippen LogP contribution is 2.31. The van der Waals surface area contributed by atoms with Gasteiger partial charge in [0, 0.05) is 15.4 Å². The first-order valence-electron chi connectivity index (χ1n) is 5.71. The van der Waals surface area contributed by atoms with Crippen molar-refractivity contribution in [3.05, 3.63) is 56.2 Å². The first-order valence-corrected chi connectivity index (χ1v) is 7.44. The second-order valence-electron chi connectivity index (χ2n) is 4.07. The van der Waals surface area contributed by atoms with Crippen molar-refractivity contribution in [2.45, 2.75) is 25.9 Å². The molecule has 90 valence electrons. The summed E-state index contributed by atoms with van der Waals surface area (Å²) in [6.45, 7) is 2.17. The monoisotopic (exact) mass is 310 g/mol. The Hall–Kier alpha value is -0.640. The Morgan fingerprint density at radius 1 is 1.35 bits per heavy atom. The average Bonchev–Trinajstić information content (AvgIpc) is 2.75. The van der Waals surface area contributed by atoms with Gasteiger partial charge in [0.25, 0.3) is 0 Å². The Kier molecular flexibility index (Phi) is 4.37. The third kappa shape index (κ3) is 2.97. The van der Waals surface area contributed by atoms with E-state index in [1.807, 2.05) is 22.9 Å². The number of aryl methyl sites for hydroxylation is 1. The first-order chi connectivity index (χ1) is 8.22. The van der Waals surface area contributed by atoms with E-state index in [0.29, 0.717) is 0 Å². The van der Waals surface area contributed by atoms with Gasteiger partial charge in [0.1, 0.15) is 6.10 Å². The van der Waals surface area contributed by atoms with Crippen LogP contribution in [0.5, 0.6) is 0 Å². The Bertz CT molecular complexity index is 492. The van der Waals surface area contributed by atoms with Gasteiger partial charge in [-0.2, -0.15) is 11.3 Å². The van der Waals surface area contributed by atoms with Crippen molar-refractivity contribution < 1.29 is 5.11 Å². The predicted octanol–water partition coefficient (Wildman–Crippen LogP) is 4.54. The van der Waals surface area contributed by atoms with Gasteiger partial charge in [-0.25, -0.2) is 0 Å². The predicted molar refractivity (Wildman–Crippen MR) is 76.5 cm³/mol. The summed E-state index contributed by atoms with van der Waals surface area (Å²) in [5.41, 5.74) is 3.20. The number of hydrogen-bond acceptors (Lipinski definition) is 2. The Morgan fingerprint density at radius 2 is 2.18 bits per heavy atom. The molecule has 1 unspecified atom stereocenters. The second-order valence-corrected chi connectivity index (χ2v) is 5.67. The van der Waals surface area contributed by atoms with Crippen LogP contribution in [0.25, 0.3) is 0 Å². The summed E-state index contributed by atoms with van der Waals surface area (Å²) in [6, 6.07) is 8.21. The molecule has 1 aromatic heterocycles. The minimum Gasteiger partial charge on any atom is -0.384 e. The zero-order valence-corrected chi connectivity index (χ0v) is 12.1. The Morgan fingerprint density at radius 3 is 2.82 bits per heavy atom. The highest BCUT2D eigenvalue weighted by atomic mass is 79.9. The normalized spacial score (nSPS) is 12.6. The zero-order chi connectivity index (χ0) is 12.3. The highest BCUT2D eigenvalue weighted by Gasteiger charge is 2.14. The average molecular weight is 311 g/mol. The maximum atomic E-state index is 10.3. The van der Waals surface area contributed by atoms with Crippen LogP contribution in [-0.4, -0.2) is 5.11 Å². The van der Waals surface area contributed by atoms with E-state index in [1.165, 1.54) is 5.56 Å². The van der Waals surface area contributed by atoms with E-state index in [2.05, 4.69) is 35.0 Å². The van der Waals surface area contributed by atoms with E-state index in [1.54, 1.807) is 11.3 Å². The molecule has 0 fully saturated rings. The van der Waals surface area contributed by atoms with Crippen LogP contribution in [0.2, 0.25) is 0 Å². The van der Waals surface area contributed by atoms with Gasteiger partial charge >= 0.3 is 0 Å². The van der Waals surface area contributed by atoms with Crippen molar-refractivity contribution in [1.82, 2.24) is 0 Å². The molecule has 1 heterocycles. The lowest BCUT2D eigenvalue weighted by molar-refractivity contribution is 0.220. The van der Waals surface area contributed by atoms with E-state index in [0.717, 1.165) is 28.4 Å². The fourth-order valence-electron chi connectivity index (χ4n) is 1.87. The van der Waals surface area contributed by atoms with E-state index in [9.17, 15) is 5.11 Å². The molecule has 1 aromatic carbocycles. The van der Waals surface area contributed by atoms with Gasteiger partial charge in [0.2, 0.25) is 0 Å². The molecule has 1 atom stereocenters. The van der Waals surface area contributed by atoms with Crippen molar-refractivity contribution in [3.63, 3.8) is 0 Å². The SMILES string of the molecule is CCCc1cccc(C(O)c2cscc2Br)c1. The van der Waals surface area contributed by atoms with Crippen LogP contribution in [0.4, 0.5) is 0 Å². The maximum absolute atomic E-state index is 10.3. The van der Waals surface area contributed by atoms with Gasteiger partial charge in [0.05, 0.1) is 0 Å². The lowest BCUT2D eigenvalue weighted by atomic mass is 10.0. The molecule has 0 aliphatic carbocycles. The zero-order valence-electron chi connectivity index (χ0n) is 9.69. The van der Waals surface area contributed by atoms with E-state index >= 15 is 0 Å². The summed E-state index contributed by atoms with van der Waals surface area (Å²) in [5, 5.41) is 14.3. The largest absolute Gasteiger partial charge is 0.384 e. The van der Waals surface area contributed by atoms with Crippen LogP contribution in [0.1, 0.15) is 36.1 Å². The Balaban J connectivity index is 2.28. The molecular formula is C14H15BrOS. The number of hydrogen-bond donors (Lipinski definition) is 1. The molecule has 0 aliphatic rings. The van der Waals surface area contributed by atoms with Crippen LogP contribution in [0.15, 0.2) is 39.5 Å². The third-order valence-corrected chi connectivity index (χ3v) is 4.49. The summed E-state index contributed by atoms with van der Waals surface area (Å²) in [6.07, 6.45) is 1.65. The Labute approximate surface area is 114 Å². The molecule has 2 aromatic rings. The molecule has 0 saturated heterocycles. The third-order valence-electron chi connectivity index (χ3n) is 2.74. The van der Waals surface area contributed by atoms with Crippen molar-refractivity contribution in [2.75, 3.05) is 0 Å². The molecule has 0 aliphatic heterocycles. The smallest absolute Gasteiger partial charge is 0.106 e. The molecule has 2 rings (SSSR count). The van der Waals surface area contributed by atoms with Gasteiger partial charge in [-0.1, -0.05) is 37.6 Å². The standard InChI is InChI=1S/C14H15BrOS/c1-2-4-10-5-3-6-11(7-10)14(16)12-8-17-9-13(12)15/h3,5-9,14,16H,2,4H2,1H3. The van der Waals surface area contributed by atoms with Crippen molar-refractivity contribution in [1.29, 1.82) is 0 Å². The van der Waals surface area contributed by atoms with Crippen LogP contribution < -0.4 is 0 Å². The maximum Gasteiger partial charge on any atom is 0.106 e. The van der Waals surface area contributed by atoms with Crippen LogP contribution in [0, 0.1) is 0 Å². The van der Waals surface area contributed by atoms with Crippen molar-refractivity contribution >= 4 is 27.3 Å². The molecule has 0 radical (unpaired) electrons. The molecule has 0 spiro atoms. The lowest BCUT2D eigenvalue weighted by Gasteiger charge is -2.11. The molecule has 0 amide bonds. The number of benzene rings is 1. The summed E-state index contributed by atoms with van der Waals surface area (Å²) < 4.78 is 0.982. The van der Waals surface area contributed by atoms with Crippen LogP contribution >= 0.6 is 27.3 Å². The first kappa shape index (κ1) is 12.8. The molecule has 0 bridgehead atoms. The van der Waals surface area contributed by atoms with Gasteiger partial charge in [0.15, 0.2) is 0 Å². The van der Waals surface area contributed by atoms with Gasteiger partial charge in [-0.05, 0) is 38.9 Å². The number of rotatable bonds is 4. The molecule has 1 N–H and O–H groups in total. The molecule has 1 nitrogen and oxygen atoms in total. The lowest BCUT2D eigenvalue weighted by Crippen LogP contribution is -1.99. The van der Waals surface area contributed by atoms with Crippen LogP contribution in [0.3, 0.4) is 0 Å². The number of aliphatic hydroxyl groups excluding tert-OH is 1. The molecule has 0 saturated carbocycles. The fraction of sp³-hybridized carbons (Fsp3) is 0.286. The molecule has 17 heavy (non-hydrogen) atoms. The number of halogens is 1. The fourth-order valence-corrected chi connectivity index (χ4v) is 3.41. The molecular weight excluding hydrogens is 296 g/mol. The van der Waals surface area contributed by atoms with E-state index < -0.39 is 6.10 Å². The minimum atomic E-state index is -0.535.